The number of carbonyl (C=O) groups excluding carboxylic acids is 4. The number of imide groups is 1. The number of thiazole rings is 1. The molecule has 1 aliphatic heterocycles. The van der Waals surface area contributed by atoms with Crippen LogP contribution < -0.4 is 15.2 Å². The molecule has 0 bridgehead atoms. The number of Topliss-reactive ketones (excluding diaryl/α,β-unsaturated/α-hetero) is 2. The van der Waals surface area contributed by atoms with Crippen LogP contribution in [0, 0.1) is 11.8 Å². The van der Waals surface area contributed by atoms with Crippen LogP contribution in [0.2, 0.25) is 0 Å². The summed E-state index contributed by atoms with van der Waals surface area (Å²) in [5, 5.41) is 0.873. The molecule has 2 amide bonds. The van der Waals surface area contributed by atoms with Gasteiger partial charge in [0.1, 0.15) is 17.5 Å². The van der Waals surface area contributed by atoms with Crippen LogP contribution >= 0.6 is 23.1 Å². The zero-order valence-corrected chi connectivity index (χ0v) is 36.3. The molecule has 12 heteroatoms. The second kappa shape index (κ2) is 16.0. The summed E-state index contributed by atoms with van der Waals surface area (Å²) in [6.07, 6.45) is 7.18. The smallest absolute Gasteiger partial charge is 0.265 e. The van der Waals surface area contributed by atoms with Crippen LogP contribution in [0.15, 0.2) is 99.0 Å². The van der Waals surface area contributed by atoms with Gasteiger partial charge in [-0.2, -0.15) is 0 Å². The summed E-state index contributed by atoms with van der Waals surface area (Å²) in [4.78, 5) is 85.9. The molecule has 10 nitrogen and oxygen atoms in total. The van der Waals surface area contributed by atoms with Gasteiger partial charge in [0.25, 0.3) is 17.4 Å². The molecule has 2 aromatic heterocycles. The highest BCUT2D eigenvalue weighted by Crippen LogP contribution is 2.46. The number of para-hydroxylation sites is 1. The van der Waals surface area contributed by atoms with Crippen molar-refractivity contribution in [3.63, 3.8) is 0 Å². The molecule has 0 spiro atoms. The zero-order valence-electron chi connectivity index (χ0n) is 34.7. The van der Waals surface area contributed by atoms with E-state index in [4.69, 9.17) is 4.74 Å². The average Bonchev–Trinajstić information content (AvgIpc) is 3.94. The highest BCUT2D eigenvalue weighted by atomic mass is 32.2. The van der Waals surface area contributed by atoms with E-state index in [1.165, 1.54) is 16.7 Å². The number of nitrogens with zero attached hydrogens (tertiary/aromatic N) is 3. The number of benzene rings is 5. The van der Waals surface area contributed by atoms with Crippen molar-refractivity contribution in [1.29, 1.82) is 0 Å². The Bertz CT molecular complexity index is 2970. The molecule has 1 atom stereocenters. The number of fused-ring (bicyclic) bond motifs is 2. The molecule has 3 heterocycles. The van der Waals surface area contributed by atoms with Crippen molar-refractivity contribution in [3.8, 4) is 5.75 Å². The summed E-state index contributed by atoms with van der Waals surface area (Å²) in [7, 11) is 0. The number of hydrogen-bond acceptors (Lipinski definition) is 10. The lowest BCUT2D eigenvalue weighted by Gasteiger charge is -2.32. The van der Waals surface area contributed by atoms with Gasteiger partial charge >= 0.3 is 0 Å². The summed E-state index contributed by atoms with van der Waals surface area (Å²) >= 11 is 3.00. The van der Waals surface area contributed by atoms with Gasteiger partial charge < -0.3 is 9.72 Å². The van der Waals surface area contributed by atoms with E-state index >= 15 is 0 Å². The molecule has 7 aromatic rings. The van der Waals surface area contributed by atoms with Gasteiger partial charge in [0, 0.05) is 44.0 Å². The molecular formula is C50H44N4O6S2. The Morgan fingerprint density at radius 1 is 0.790 bits per heavy atom. The SMILES string of the molecule is CC(C)CC(C)CCCOc1ccc(C2CCCC2)c(N2C(=O)c3ccc4c5c(ccc(c35)C2=O)C(=O)C(c2nc3ccc(Sc5nc6ccccc6s5)cc3c(=O)[nH]2)C4=O)c1. The topological polar surface area (TPSA) is 139 Å². The van der Waals surface area contributed by atoms with Crippen molar-refractivity contribution in [3.05, 3.63) is 129 Å². The minimum atomic E-state index is -1.42. The summed E-state index contributed by atoms with van der Waals surface area (Å²) in [5.74, 6) is -1.62. The zero-order chi connectivity index (χ0) is 42.8. The Labute approximate surface area is 366 Å². The third kappa shape index (κ3) is 7.03. The highest BCUT2D eigenvalue weighted by molar-refractivity contribution is 8.01. The molecule has 2 aliphatic carbocycles. The second-order valence-corrected chi connectivity index (χ2v) is 19.6. The maximum Gasteiger partial charge on any atom is 0.265 e. The first-order valence-electron chi connectivity index (χ1n) is 21.4. The van der Waals surface area contributed by atoms with E-state index in [0.29, 0.717) is 40.8 Å². The van der Waals surface area contributed by atoms with Gasteiger partial charge in [-0.05, 0) is 116 Å². The van der Waals surface area contributed by atoms with E-state index in [-0.39, 0.29) is 44.8 Å². The van der Waals surface area contributed by atoms with E-state index in [2.05, 4.69) is 35.7 Å². The number of ketones is 2. The predicted molar refractivity (Wildman–Crippen MR) is 244 cm³/mol. The fraction of sp³-hybridized carbons (Fsp3) is 0.300. The third-order valence-electron chi connectivity index (χ3n) is 12.6. The van der Waals surface area contributed by atoms with Crippen LogP contribution in [-0.2, 0) is 0 Å². The molecular weight excluding hydrogens is 817 g/mol. The molecule has 312 valence electrons. The van der Waals surface area contributed by atoms with E-state index in [0.717, 1.165) is 70.0 Å². The van der Waals surface area contributed by atoms with E-state index in [1.54, 1.807) is 47.7 Å². The van der Waals surface area contributed by atoms with Gasteiger partial charge in [0.05, 0.1) is 33.4 Å². The number of H-pyrrole nitrogens is 1. The molecule has 0 radical (unpaired) electrons. The molecule has 0 saturated heterocycles. The van der Waals surface area contributed by atoms with Gasteiger partial charge in [-0.3, -0.25) is 24.0 Å². The van der Waals surface area contributed by atoms with E-state index < -0.39 is 34.9 Å². The van der Waals surface area contributed by atoms with Crippen LogP contribution in [0.25, 0.3) is 31.9 Å². The van der Waals surface area contributed by atoms with Gasteiger partial charge in [0.2, 0.25) is 0 Å². The monoisotopic (exact) mass is 860 g/mol. The molecule has 1 N–H and O–H groups in total. The Morgan fingerprint density at radius 3 is 2.19 bits per heavy atom. The van der Waals surface area contributed by atoms with Crippen molar-refractivity contribution >= 4 is 84.1 Å². The molecule has 1 unspecified atom stereocenters. The van der Waals surface area contributed by atoms with Crippen molar-refractivity contribution < 1.29 is 23.9 Å². The van der Waals surface area contributed by atoms with Gasteiger partial charge in [-0.15, -0.1) is 11.3 Å². The first-order chi connectivity index (χ1) is 30.0. The standard InChI is InChI=1S/C50H44N4O6S2/c1-26(2)23-27(3)9-8-22-60-29-14-16-31(28-10-4-5-11-28)39(24-29)54-48(58)34-19-17-32-41-33(18-20-35(42(34)41)49(54)59)45(56)43(44(32)55)46-51-37-21-15-30(25-36(37)47(57)53-46)61-50-52-38-12-6-7-13-40(38)62-50/h6-7,12-21,24-28,43H,4-5,8-11,22-23H2,1-3H3,(H,51,53,57). The highest BCUT2D eigenvalue weighted by Gasteiger charge is 2.43. The largest absolute Gasteiger partial charge is 0.494 e. The van der Waals surface area contributed by atoms with Crippen molar-refractivity contribution in [2.45, 2.75) is 86.8 Å². The Kier molecular flexibility index (Phi) is 10.4. The number of aromatic amines is 1. The molecule has 1 saturated carbocycles. The minimum Gasteiger partial charge on any atom is -0.494 e. The van der Waals surface area contributed by atoms with Gasteiger partial charge in [-0.25, -0.2) is 14.9 Å². The number of aromatic nitrogens is 3. The van der Waals surface area contributed by atoms with Crippen molar-refractivity contribution in [2.24, 2.45) is 11.8 Å². The van der Waals surface area contributed by atoms with Crippen molar-refractivity contribution in [2.75, 3.05) is 11.5 Å². The number of hydrogen-bond donors (Lipinski definition) is 1. The first kappa shape index (κ1) is 40.1. The van der Waals surface area contributed by atoms with Crippen LogP contribution in [0.5, 0.6) is 5.75 Å². The lowest BCUT2D eigenvalue weighted by molar-refractivity contribution is 0.0842. The predicted octanol–water partition coefficient (Wildman–Crippen LogP) is 11.3. The third-order valence-corrected chi connectivity index (χ3v) is 14.6. The summed E-state index contributed by atoms with van der Waals surface area (Å²) in [5.41, 5.74) is 3.06. The van der Waals surface area contributed by atoms with Crippen LogP contribution in [0.3, 0.4) is 0 Å². The normalized spacial score (nSPS) is 16.2. The molecule has 1 fully saturated rings. The summed E-state index contributed by atoms with van der Waals surface area (Å²) in [6, 6.07) is 25.2. The number of carbonyl (C=O) groups is 4. The van der Waals surface area contributed by atoms with E-state index in [9.17, 15) is 24.0 Å². The number of rotatable bonds is 12. The maximum absolute atomic E-state index is 14.7. The summed E-state index contributed by atoms with van der Waals surface area (Å²) in [6.45, 7) is 7.27. The Morgan fingerprint density at radius 2 is 1.48 bits per heavy atom. The van der Waals surface area contributed by atoms with Crippen LogP contribution in [0.4, 0.5) is 5.69 Å². The molecule has 3 aliphatic rings. The number of amides is 2. The van der Waals surface area contributed by atoms with Crippen LogP contribution in [-0.4, -0.2) is 44.9 Å². The average molecular weight is 861 g/mol. The molecule has 62 heavy (non-hydrogen) atoms. The lowest BCUT2D eigenvalue weighted by Crippen LogP contribution is -2.42. The fourth-order valence-electron chi connectivity index (χ4n) is 9.76. The van der Waals surface area contributed by atoms with Gasteiger partial charge in [0.15, 0.2) is 15.9 Å². The van der Waals surface area contributed by atoms with E-state index in [1.807, 2.05) is 48.5 Å². The molecule has 10 rings (SSSR count). The van der Waals surface area contributed by atoms with Gasteiger partial charge in [-0.1, -0.05) is 63.6 Å². The summed E-state index contributed by atoms with van der Waals surface area (Å²) < 4.78 is 8.15. The lowest BCUT2D eigenvalue weighted by atomic mass is 9.76. The fourth-order valence-corrected chi connectivity index (χ4v) is 11.8. The molecule has 5 aromatic carbocycles. The van der Waals surface area contributed by atoms with Crippen LogP contribution in [0.1, 0.15) is 130 Å². The first-order valence-corrected chi connectivity index (χ1v) is 23.1. The quantitative estimate of drug-likeness (QED) is 0.0722. The Balaban J connectivity index is 0.955. The second-order valence-electron chi connectivity index (χ2n) is 17.3. The number of ether oxygens (including phenoxy) is 1. The minimum absolute atomic E-state index is 0.0620. The number of anilines is 1. The Hall–Kier alpha value is -5.98. The van der Waals surface area contributed by atoms with Crippen molar-refractivity contribution in [1.82, 2.24) is 15.0 Å². The number of nitrogens with one attached hydrogen (secondary N) is 1. The maximum atomic E-state index is 14.7.